The minimum absolute atomic E-state index is 0.0611. The number of rotatable bonds is 12. The van der Waals surface area contributed by atoms with Crippen LogP contribution in [0.3, 0.4) is 0 Å². The molecule has 9 heteroatoms. The van der Waals surface area contributed by atoms with Gasteiger partial charge in [0.2, 0.25) is 17.7 Å². The van der Waals surface area contributed by atoms with Gasteiger partial charge in [-0.1, -0.05) is 34.6 Å². The molecular formula is C24H39N3O6. The molecule has 186 valence electrons. The molecule has 1 aromatic carbocycles. The highest BCUT2D eigenvalue weighted by atomic mass is 16.7. The van der Waals surface area contributed by atoms with E-state index >= 15 is 0 Å². The highest BCUT2D eigenvalue weighted by molar-refractivity contribution is 5.90. The van der Waals surface area contributed by atoms with Crippen molar-refractivity contribution in [3.8, 4) is 11.5 Å². The van der Waals surface area contributed by atoms with Gasteiger partial charge in [-0.15, -0.1) is 0 Å². The van der Waals surface area contributed by atoms with E-state index in [2.05, 4.69) is 16.1 Å². The first-order valence-electron chi connectivity index (χ1n) is 11.1. The molecule has 9 nitrogen and oxygen atoms in total. The van der Waals surface area contributed by atoms with Gasteiger partial charge in [-0.2, -0.15) is 0 Å². The summed E-state index contributed by atoms with van der Waals surface area (Å²) in [5.74, 6) is -0.226. The first kappa shape index (κ1) is 28.2. The summed E-state index contributed by atoms with van der Waals surface area (Å²) in [5, 5.41) is 5.41. The van der Waals surface area contributed by atoms with Gasteiger partial charge < -0.3 is 20.1 Å². The van der Waals surface area contributed by atoms with Gasteiger partial charge in [-0.3, -0.25) is 19.2 Å². The Morgan fingerprint density at radius 3 is 2.21 bits per heavy atom. The number of carbonyl (C=O) groups excluding carboxylic acids is 3. The molecular weight excluding hydrogens is 426 g/mol. The van der Waals surface area contributed by atoms with Crippen molar-refractivity contribution in [2.45, 2.75) is 60.1 Å². The Morgan fingerprint density at radius 2 is 1.70 bits per heavy atom. The lowest BCUT2D eigenvalue weighted by atomic mass is 9.85. The van der Waals surface area contributed by atoms with E-state index in [4.69, 9.17) is 14.3 Å². The van der Waals surface area contributed by atoms with Crippen LogP contribution in [0.25, 0.3) is 0 Å². The maximum atomic E-state index is 13.0. The first-order valence-corrected chi connectivity index (χ1v) is 11.1. The molecule has 33 heavy (non-hydrogen) atoms. The van der Waals surface area contributed by atoms with Gasteiger partial charge in [0.15, 0.2) is 0 Å². The minimum atomic E-state index is -0.716. The van der Waals surface area contributed by atoms with Crippen LogP contribution in [-0.4, -0.2) is 45.0 Å². The standard InChI is InChI=1S/C24H39N3O6/c1-15(2)11-17(22(29)26-21(23(30)25-6)24(3,4)5)12-20(28)27-33-14-16-9-10-18(31-7)13-19(16)32-8/h9-10,13,15,17,21H,11-12,14H2,1-8H3,(H,25,30)(H,26,29)(H,27,28)/t17-,21-/m1/s1. The molecule has 1 rings (SSSR count). The zero-order valence-electron chi connectivity index (χ0n) is 21.0. The van der Waals surface area contributed by atoms with Crippen LogP contribution in [0, 0.1) is 17.3 Å². The fourth-order valence-electron chi connectivity index (χ4n) is 3.36. The van der Waals surface area contributed by atoms with E-state index in [9.17, 15) is 14.4 Å². The topological polar surface area (TPSA) is 115 Å². The SMILES string of the molecule is CNC(=O)[C@@H](NC(=O)[C@@H](CC(=O)NOCc1ccc(OC)cc1OC)CC(C)C)C(C)(C)C. The van der Waals surface area contributed by atoms with Gasteiger partial charge in [0, 0.05) is 31.0 Å². The van der Waals surface area contributed by atoms with Crippen LogP contribution in [0.5, 0.6) is 11.5 Å². The molecule has 0 unspecified atom stereocenters. The number of hydrogen-bond donors (Lipinski definition) is 3. The van der Waals surface area contributed by atoms with Crippen LogP contribution in [-0.2, 0) is 25.8 Å². The molecule has 1 aromatic rings. The van der Waals surface area contributed by atoms with E-state index in [1.165, 1.54) is 14.2 Å². The van der Waals surface area contributed by atoms with Crippen LogP contribution in [0.2, 0.25) is 0 Å². The van der Waals surface area contributed by atoms with E-state index in [1.807, 2.05) is 34.6 Å². The summed E-state index contributed by atoms with van der Waals surface area (Å²) in [6.07, 6.45) is 0.435. The summed E-state index contributed by atoms with van der Waals surface area (Å²) in [7, 11) is 4.63. The van der Waals surface area contributed by atoms with Crippen molar-refractivity contribution in [3.63, 3.8) is 0 Å². The Kier molecular flexibility index (Phi) is 11.1. The molecule has 0 heterocycles. The molecule has 3 amide bonds. The lowest BCUT2D eigenvalue weighted by molar-refractivity contribution is -0.140. The predicted octanol–water partition coefficient (Wildman–Crippen LogP) is 2.58. The lowest BCUT2D eigenvalue weighted by Crippen LogP contribution is -2.54. The number of likely N-dealkylation sites (N-methyl/N-ethyl adjacent to an activating group) is 1. The fraction of sp³-hybridized carbons (Fsp3) is 0.625. The Balaban J connectivity index is 2.77. The number of nitrogens with one attached hydrogen (secondary N) is 3. The number of methoxy groups -OCH3 is 2. The summed E-state index contributed by atoms with van der Waals surface area (Å²) in [6.45, 7) is 9.66. The highest BCUT2D eigenvalue weighted by Gasteiger charge is 2.34. The second-order valence-electron chi connectivity index (χ2n) is 9.44. The molecule has 0 aliphatic heterocycles. The normalized spacial score (nSPS) is 13.1. The third-order valence-electron chi connectivity index (χ3n) is 5.13. The molecule has 0 radical (unpaired) electrons. The highest BCUT2D eigenvalue weighted by Crippen LogP contribution is 2.25. The van der Waals surface area contributed by atoms with E-state index in [0.29, 0.717) is 17.9 Å². The molecule has 3 N–H and O–H groups in total. The summed E-state index contributed by atoms with van der Waals surface area (Å²) in [6, 6.07) is 4.56. The van der Waals surface area contributed by atoms with E-state index in [1.54, 1.807) is 25.3 Å². The van der Waals surface area contributed by atoms with Gasteiger partial charge in [-0.25, -0.2) is 5.48 Å². The summed E-state index contributed by atoms with van der Waals surface area (Å²) in [5.41, 5.74) is 2.65. The average Bonchev–Trinajstić information content (AvgIpc) is 2.75. The molecule has 0 saturated carbocycles. The number of hydroxylamine groups is 1. The first-order chi connectivity index (χ1) is 15.4. The monoisotopic (exact) mass is 465 g/mol. The Morgan fingerprint density at radius 1 is 1.03 bits per heavy atom. The van der Waals surface area contributed by atoms with Crippen LogP contribution >= 0.6 is 0 Å². The van der Waals surface area contributed by atoms with Gasteiger partial charge in [0.25, 0.3) is 0 Å². The maximum Gasteiger partial charge on any atom is 0.244 e. The van der Waals surface area contributed by atoms with Crippen LogP contribution in [0.4, 0.5) is 0 Å². The van der Waals surface area contributed by atoms with Crippen molar-refractivity contribution < 1.29 is 28.7 Å². The maximum absolute atomic E-state index is 13.0. The third-order valence-corrected chi connectivity index (χ3v) is 5.13. The quantitative estimate of drug-likeness (QED) is 0.409. The van der Waals surface area contributed by atoms with Crippen molar-refractivity contribution in [3.05, 3.63) is 23.8 Å². The Labute approximate surface area is 196 Å². The van der Waals surface area contributed by atoms with Crippen molar-refractivity contribution in [2.24, 2.45) is 17.3 Å². The molecule has 0 bridgehead atoms. The van der Waals surface area contributed by atoms with Gasteiger partial charge in [-0.05, 0) is 29.9 Å². The van der Waals surface area contributed by atoms with Crippen molar-refractivity contribution in [1.29, 1.82) is 0 Å². The van der Waals surface area contributed by atoms with Gasteiger partial charge >= 0.3 is 0 Å². The van der Waals surface area contributed by atoms with Gasteiger partial charge in [0.05, 0.1) is 14.2 Å². The number of amides is 3. The Hall–Kier alpha value is -2.81. The molecule has 0 fully saturated rings. The van der Waals surface area contributed by atoms with E-state index in [-0.39, 0.29) is 30.8 Å². The molecule has 2 atom stereocenters. The van der Waals surface area contributed by atoms with Crippen LogP contribution < -0.4 is 25.6 Å². The summed E-state index contributed by atoms with van der Waals surface area (Å²) in [4.78, 5) is 43.1. The van der Waals surface area contributed by atoms with E-state index < -0.39 is 23.3 Å². The molecule has 0 spiro atoms. The predicted molar refractivity (Wildman–Crippen MR) is 125 cm³/mol. The fourth-order valence-corrected chi connectivity index (χ4v) is 3.36. The second kappa shape index (κ2) is 13.0. The largest absolute Gasteiger partial charge is 0.497 e. The van der Waals surface area contributed by atoms with Gasteiger partial charge in [0.1, 0.15) is 24.1 Å². The number of ether oxygens (including phenoxy) is 2. The molecule has 0 aromatic heterocycles. The lowest BCUT2D eigenvalue weighted by Gasteiger charge is -2.31. The number of benzene rings is 1. The second-order valence-corrected chi connectivity index (χ2v) is 9.44. The molecule has 0 saturated heterocycles. The summed E-state index contributed by atoms with van der Waals surface area (Å²) >= 11 is 0. The average molecular weight is 466 g/mol. The minimum Gasteiger partial charge on any atom is -0.497 e. The van der Waals surface area contributed by atoms with Crippen LogP contribution in [0.15, 0.2) is 18.2 Å². The summed E-state index contributed by atoms with van der Waals surface area (Å²) < 4.78 is 10.5. The smallest absolute Gasteiger partial charge is 0.244 e. The van der Waals surface area contributed by atoms with E-state index in [0.717, 1.165) is 5.56 Å². The number of carbonyl (C=O) groups is 3. The Bertz CT molecular complexity index is 804. The number of hydrogen-bond acceptors (Lipinski definition) is 6. The zero-order valence-corrected chi connectivity index (χ0v) is 21.0. The molecule has 0 aliphatic carbocycles. The van der Waals surface area contributed by atoms with Crippen LogP contribution in [0.1, 0.15) is 53.0 Å². The third kappa shape index (κ3) is 9.29. The zero-order chi connectivity index (χ0) is 25.2. The van der Waals surface area contributed by atoms with Crippen molar-refractivity contribution in [1.82, 2.24) is 16.1 Å². The molecule has 0 aliphatic rings. The van der Waals surface area contributed by atoms with Crippen molar-refractivity contribution >= 4 is 17.7 Å². The van der Waals surface area contributed by atoms with Crippen molar-refractivity contribution in [2.75, 3.05) is 21.3 Å².